The van der Waals surface area contributed by atoms with Crippen LogP contribution in [0, 0.1) is 6.92 Å². The zero-order valence-corrected chi connectivity index (χ0v) is 16.4. The van der Waals surface area contributed by atoms with Gasteiger partial charge in [-0.1, -0.05) is 0 Å². The molecule has 1 atom stereocenters. The van der Waals surface area contributed by atoms with E-state index in [4.69, 9.17) is 0 Å². The second-order valence-corrected chi connectivity index (χ2v) is 7.64. The Labute approximate surface area is 170 Å². The van der Waals surface area contributed by atoms with Crippen LogP contribution in [0.3, 0.4) is 0 Å². The van der Waals surface area contributed by atoms with E-state index in [2.05, 4.69) is 20.3 Å². The minimum Gasteiger partial charge on any atom is -0.387 e. The van der Waals surface area contributed by atoms with Crippen LogP contribution in [0.5, 0.6) is 0 Å². The first-order valence-corrected chi connectivity index (χ1v) is 9.44. The largest absolute Gasteiger partial charge is 0.416 e. The number of fused-ring (bicyclic) bond motifs is 1. The van der Waals surface area contributed by atoms with Crippen LogP contribution in [0.2, 0.25) is 0 Å². The third kappa shape index (κ3) is 3.51. The van der Waals surface area contributed by atoms with Gasteiger partial charge in [-0.15, -0.1) is 0 Å². The molecule has 1 amide bonds. The number of aromatic nitrogens is 4. The molecule has 1 saturated carbocycles. The van der Waals surface area contributed by atoms with E-state index in [0.717, 1.165) is 18.6 Å². The number of halogens is 3. The lowest BCUT2D eigenvalue weighted by atomic mass is 9.74. The van der Waals surface area contributed by atoms with E-state index in [9.17, 15) is 23.1 Å². The molecule has 1 aliphatic carbocycles. The normalized spacial score (nSPS) is 16.9. The molecule has 4 rings (SSSR count). The standard InChI is InChI=1S/C20H20F3N5O2/c1-11-9-25-14(10-24-11)18(29)27-16(19(30)6-3-7-19)17-26-13-8-12(20(21,22)23)4-5-15(13)28(17)2/h4-5,8-10,16,30H,3,6-7H2,1-2H3,(H,27,29)/t16-/m1/s1. The van der Waals surface area contributed by atoms with Crippen molar-refractivity contribution in [2.75, 3.05) is 0 Å². The maximum absolute atomic E-state index is 13.1. The van der Waals surface area contributed by atoms with Gasteiger partial charge in [0.25, 0.3) is 5.91 Å². The van der Waals surface area contributed by atoms with Crippen molar-refractivity contribution in [3.05, 3.63) is 53.4 Å². The molecule has 0 saturated heterocycles. The van der Waals surface area contributed by atoms with Crippen molar-refractivity contribution in [3.8, 4) is 0 Å². The third-order valence-corrected chi connectivity index (χ3v) is 5.55. The van der Waals surface area contributed by atoms with Crippen LogP contribution < -0.4 is 5.32 Å². The van der Waals surface area contributed by atoms with Crippen LogP contribution in [0.15, 0.2) is 30.6 Å². The number of nitrogens with one attached hydrogen (secondary N) is 1. The molecule has 0 radical (unpaired) electrons. The molecular weight excluding hydrogens is 399 g/mol. The van der Waals surface area contributed by atoms with Gasteiger partial charge in [0.2, 0.25) is 0 Å². The molecule has 30 heavy (non-hydrogen) atoms. The Morgan fingerprint density at radius 2 is 2.00 bits per heavy atom. The fourth-order valence-corrected chi connectivity index (χ4v) is 3.63. The Morgan fingerprint density at radius 3 is 2.57 bits per heavy atom. The van der Waals surface area contributed by atoms with E-state index in [-0.39, 0.29) is 17.0 Å². The first-order valence-electron chi connectivity index (χ1n) is 9.44. The summed E-state index contributed by atoms with van der Waals surface area (Å²) in [6, 6.07) is 2.38. The molecule has 0 spiro atoms. The van der Waals surface area contributed by atoms with E-state index in [0.29, 0.717) is 24.1 Å². The Hall–Kier alpha value is -3.01. The highest BCUT2D eigenvalue weighted by Crippen LogP contribution is 2.42. The van der Waals surface area contributed by atoms with Crippen LogP contribution >= 0.6 is 0 Å². The van der Waals surface area contributed by atoms with Gasteiger partial charge in [0.15, 0.2) is 0 Å². The van der Waals surface area contributed by atoms with E-state index in [1.165, 1.54) is 18.5 Å². The first kappa shape index (κ1) is 20.3. The molecular formula is C20H20F3N5O2. The summed E-state index contributed by atoms with van der Waals surface area (Å²) in [6.45, 7) is 1.74. The molecule has 2 aromatic heterocycles. The molecule has 1 aromatic carbocycles. The highest BCUT2D eigenvalue weighted by Gasteiger charge is 2.46. The van der Waals surface area contributed by atoms with Gasteiger partial charge in [-0.3, -0.25) is 9.78 Å². The maximum Gasteiger partial charge on any atom is 0.416 e. The monoisotopic (exact) mass is 419 g/mol. The molecule has 0 unspecified atom stereocenters. The minimum atomic E-state index is -4.49. The number of aliphatic hydroxyl groups is 1. The lowest BCUT2D eigenvalue weighted by Crippen LogP contribution is -2.51. The highest BCUT2D eigenvalue weighted by molar-refractivity contribution is 5.92. The number of hydrogen-bond donors (Lipinski definition) is 2. The van der Waals surface area contributed by atoms with Crippen molar-refractivity contribution < 1.29 is 23.1 Å². The van der Waals surface area contributed by atoms with Gasteiger partial charge in [-0.2, -0.15) is 13.2 Å². The SMILES string of the molecule is Cc1cnc(C(=O)N[C@H](c2nc3cc(C(F)(F)F)ccc3n2C)C2(O)CCC2)cn1. The van der Waals surface area contributed by atoms with Gasteiger partial charge in [0.1, 0.15) is 17.6 Å². The zero-order valence-electron chi connectivity index (χ0n) is 16.4. The summed E-state index contributed by atoms with van der Waals surface area (Å²) in [5.74, 6) is -0.268. The number of benzene rings is 1. The van der Waals surface area contributed by atoms with Crippen LogP contribution in [0.4, 0.5) is 13.2 Å². The van der Waals surface area contributed by atoms with Crippen molar-refractivity contribution in [2.45, 2.75) is 44.0 Å². The lowest BCUT2D eigenvalue weighted by Gasteiger charge is -2.42. The molecule has 2 heterocycles. The number of imidazole rings is 1. The second-order valence-electron chi connectivity index (χ2n) is 7.64. The van der Waals surface area contributed by atoms with E-state index in [1.807, 2.05) is 0 Å². The smallest absolute Gasteiger partial charge is 0.387 e. The predicted molar refractivity (Wildman–Crippen MR) is 101 cm³/mol. The number of nitrogens with zero attached hydrogens (tertiary/aromatic N) is 4. The van der Waals surface area contributed by atoms with Crippen LogP contribution in [0.1, 0.15) is 52.9 Å². The van der Waals surface area contributed by atoms with Crippen molar-refractivity contribution in [1.82, 2.24) is 24.8 Å². The van der Waals surface area contributed by atoms with Crippen LogP contribution in [-0.4, -0.2) is 36.1 Å². The fraction of sp³-hybridized carbons (Fsp3) is 0.400. The molecule has 1 fully saturated rings. The van der Waals surface area contributed by atoms with Gasteiger partial charge >= 0.3 is 6.18 Å². The minimum absolute atomic E-state index is 0.0756. The molecule has 0 bridgehead atoms. The average Bonchev–Trinajstić information content (AvgIpc) is 3.00. The van der Waals surface area contributed by atoms with Crippen molar-refractivity contribution in [2.24, 2.45) is 7.05 Å². The molecule has 3 aromatic rings. The molecule has 7 nitrogen and oxygen atoms in total. The van der Waals surface area contributed by atoms with Crippen LogP contribution in [-0.2, 0) is 13.2 Å². The second kappa shape index (κ2) is 7.05. The van der Waals surface area contributed by atoms with Gasteiger partial charge in [-0.05, 0) is 44.4 Å². The van der Waals surface area contributed by atoms with Gasteiger partial charge < -0.3 is 15.0 Å². The average molecular weight is 419 g/mol. The lowest BCUT2D eigenvalue weighted by molar-refractivity contribution is -0.137. The fourth-order valence-electron chi connectivity index (χ4n) is 3.63. The van der Waals surface area contributed by atoms with Gasteiger partial charge in [-0.25, -0.2) is 9.97 Å². The Balaban J connectivity index is 1.74. The Morgan fingerprint density at radius 1 is 1.27 bits per heavy atom. The number of amides is 1. The molecule has 158 valence electrons. The van der Waals surface area contributed by atoms with E-state index < -0.39 is 29.3 Å². The summed E-state index contributed by atoms with van der Waals surface area (Å²) in [6.07, 6.45) is -0.0546. The number of carbonyl (C=O) groups is 1. The zero-order chi connectivity index (χ0) is 21.7. The van der Waals surface area contributed by atoms with Crippen molar-refractivity contribution in [3.63, 3.8) is 0 Å². The number of aryl methyl sites for hydroxylation is 2. The predicted octanol–water partition coefficient (Wildman–Crippen LogP) is 3.08. The Bertz CT molecular complexity index is 1100. The highest BCUT2D eigenvalue weighted by atomic mass is 19.4. The third-order valence-electron chi connectivity index (χ3n) is 5.55. The maximum atomic E-state index is 13.1. The number of hydrogen-bond acceptors (Lipinski definition) is 5. The van der Waals surface area contributed by atoms with E-state index in [1.54, 1.807) is 18.5 Å². The molecule has 1 aliphatic rings. The Kier molecular flexibility index (Phi) is 4.76. The quantitative estimate of drug-likeness (QED) is 0.678. The van der Waals surface area contributed by atoms with Crippen LogP contribution in [0.25, 0.3) is 11.0 Å². The summed E-state index contributed by atoms with van der Waals surface area (Å²) in [5.41, 5.74) is -0.717. The first-order chi connectivity index (χ1) is 14.1. The number of alkyl halides is 3. The summed E-state index contributed by atoms with van der Waals surface area (Å²) in [4.78, 5) is 25.2. The summed E-state index contributed by atoms with van der Waals surface area (Å²) in [5, 5.41) is 13.8. The summed E-state index contributed by atoms with van der Waals surface area (Å²) in [7, 11) is 1.64. The van der Waals surface area contributed by atoms with Gasteiger partial charge in [0, 0.05) is 13.2 Å². The van der Waals surface area contributed by atoms with Crippen molar-refractivity contribution >= 4 is 16.9 Å². The number of rotatable bonds is 4. The number of carbonyl (C=O) groups excluding carboxylic acids is 1. The van der Waals surface area contributed by atoms with Crippen molar-refractivity contribution in [1.29, 1.82) is 0 Å². The molecule has 0 aliphatic heterocycles. The summed E-state index contributed by atoms with van der Waals surface area (Å²) < 4.78 is 40.8. The topological polar surface area (TPSA) is 92.9 Å². The van der Waals surface area contributed by atoms with E-state index >= 15 is 0 Å². The molecule has 10 heteroatoms. The summed E-state index contributed by atoms with van der Waals surface area (Å²) >= 11 is 0. The molecule has 2 N–H and O–H groups in total. The van der Waals surface area contributed by atoms with Gasteiger partial charge in [0.05, 0.1) is 34.1 Å².